The van der Waals surface area contributed by atoms with Gasteiger partial charge in [-0.15, -0.1) is 0 Å². The van der Waals surface area contributed by atoms with Crippen molar-refractivity contribution in [3.8, 4) is 5.69 Å². The number of halogens is 3. The van der Waals surface area contributed by atoms with Gasteiger partial charge in [0.05, 0.1) is 17.6 Å². The average Bonchev–Trinajstić information content (AvgIpc) is 3.41. The second-order valence-electron chi connectivity index (χ2n) is 7.93. The summed E-state index contributed by atoms with van der Waals surface area (Å²) in [7, 11) is 0. The van der Waals surface area contributed by atoms with E-state index in [-0.39, 0.29) is 29.3 Å². The number of carbonyl (C=O) groups is 1. The van der Waals surface area contributed by atoms with Crippen molar-refractivity contribution in [2.75, 3.05) is 11.9 Å². The number of carbonyl (C=O) groups excluding carboxylic acids is 1. The normalized spacial score (nSPS) is 18.3. The summed E-state index contributed by atoms with van der Waals surface area (Å²) in [6, 6.07) is 6.25. The molecule has 1 aliphatic rings. The van der Waals surface area contributed by atoms with E-state index in [1.165, 1.54) is 12.3 Å². The predicted octanol–water partition coefficient (Wildman–Crippen LogP) is 2.95. The molecule has 1 amide bonds. The maximum Gasteiger partial charge on any atom is 0.435 e. The SMILES string of the molecule is Cc1cc(C(=O)NC[C@H]2CC[C@@H](Nc3ccc(-n4nc(C(F)(F)F)ccc4=O)cn3)C2)on1. The number of anilines is 1. The van der Waals surface area contributed by atoms with Gasteiger partial charge in [0.2, 0.25) is 5.76 Å². The number of nitrogens with one attached hydrogen (secondary N) is 2. The monoisotopic (exact) mass is 462 g/mol. The first-order valence-corrected chi connectivity index (χ1v) is 10.3. The number of amides is 1. The number of hydrogen-bond donors (Lipinski definition) is 2. The molecule has 174 valence electrons. The molecule has 1 fully saturated rings. The van der Waals surface area contributed by atoms with E-state index in [0.717, 1.165) is 25.3 Å². The number of aryl methyl sites for hydroxylation is 1. The van der Waals surface area contributed by atoms with Crippen molar-refractivity contribution in [1.29, 1.82) is 0 Å². The summed E-state index contributed by atoms with van der Waals surface area (Å²) in [4.78, 5) is 28.2. The van der Waals surface area contributed by atoms with Gasteiger partial charge in [0.15, 0.2) is 5.69 Å². The molecular formula is C21H21F3N6O3. The Morgan fingerprint density at radius 2 is 2.06 bits per heavy atom. The Morgan fingerprint density at radius 1 is 1.24 bits per heavy atom. The lowest BCUT2D eigenvalue weighted by atomic mass is 10.1. The molecule has 0 unspecified atom stereocenters. The van der Waals surface area contributed by atoms with Crippen LogP contribution in [-0.2, 0) is 6.18 Å². The van der Waals surface area contributed by atoms with Crippen molar-refractivity contribution >= 4 is 11.7 Å². The first-order chi connectivity index (χ1) is 15.7. The van der Waals surface area contributed by atoms with Crippen LogP contribution in [0.25, 0.3) is 5.69 Å². The molecule has 33 heavy (non-hydrogen) atoms. The zero-order valence-corrected chi connectivity index (χ0v) is 17.6. The van der Waals surface area contributed by atoms with Gasteiger partial charge in [0.1, 0.15) is 5.82 Å². The summed E-state index contributed by atoms with van der Waals surface area (Å²) in [6.07, 6.45) is -0.762. The van der Waals surface area contributed by atoms with Crippen LogP contribution in [0.15, 0.2) is 45.8 Å². The maximum atomic E-state index is 12.9. The minimum absolute atomic E-state index is 0.131. The van der Waals surface area contributed by atoms with Crippen LogP contribution in [0.4, 0.5) is 19.0 Å². The van der Waals surface area contributed by atoms with E-state index in [0.29, 0.717) is 28.8 Å². The zero-order chi connectivity index (χ0) is 23.6. The van der Waals surface area contributed by atoms with Crippen LogP contribution in [0.3, 0.4) is 0 Å². The molecule has 0 radical (unpaired) electrons. The minimum Gasteiger partial charge on any atom is -0.367 e. The van der Waals surface area contributed by atoms with Crippen LogP contribution in [0.1, 0.15) is 41.2 Å². The third-order valence-corrected chi connectivity index (χ3v) is 5.38. The number of nitrogens with zero attached hydrogens (tertiary/aromatic N) is 4. The van der Waals surface area contributed by atoms with Crippen LogP contribution in [0.2, 0.25) is 0 Å². The summed E-state index contributed by atoms with van der Waals surface area (Å²) in [5.41, 5.74) is -1.08. The van der Waals surface area contributed by atoms with E-state index >= 15 is 0 Å². The van der Waals surface area contributed by atoms with Gasteiger partial charge in [-0.1, -0.05) is 5.16 Å². The Hall–Kier alpha value is -3.70. The van der Waals surface area contributed by atoms with Crippen molar-refractivity contribution in [3.63, 3.8) is 0 Å². The smallest absolute Gasteiger partial charge is 0.367 e. The summed E-state index contributed by atoms with van der Waals surface area (Å²) in [5.74, 6) is 0.690. The first-order valence-electron chi connectivity index (χ1n) is 10.3. The first kappa shape index (κ1) is 22.5. The number of rotatable bonds is 6. The van der Waals surface area contributed by atoms with Crippen molar-refractivity contribution in [3.05, 3.63) is 64.0 Å². The molecule has 9 nitrogen and oxygen atoms in total. The Bertz CT molecular complexity index is 1190. The molecule has 3 heterocycles. The molecule has 0 aromatic carbocycles. The predicted molar refractivity (Wildman–Crippen MR) is 111 cm³/mol. The Morgan fingerprint density at radius 3 is 2.73 bits per heavy atom. The third kappa shape index (κ3) is 5.38. The molecule has 0 bridgehead atoms. The number of alkyl halides is 3. The Labute approximate surface area is 186 Å². The van der Waals surface area contributed by atoms with E-state index < -0.39 is 17.4 Å². The van der Waals surface area contributed by atoms with Gasteiger partial charge in [0, 0.05) is 24.7 Å². The highest BCUT2D eigenvalue weighted by molar-refractivity contribution is 5.91. The highest BCUT2D eigenvalue weighted by atomic mass is 19.4. The van der Waals surface area contributed by atoms with Gasteiger partial charge in [-0.3, -0.25) is 9.59 Å². The molecular weight excluding hydrogens is 441 g/mol. The Balaban J connectivity index is 1.33. The lowest BCUT2D eigenvalue weighted by Gasteiger charge is -2.15. The average molecular weight is 462 g/mol. The number of hydrogen-bond acceptors (Lipinski definition) is 7. The topological polar surface area (TPSA) is 115 Å². The molecule has 4 rings (SSSR count). The largest absolute Gasteiger partial charge is 0.435 e. The Kier molecular flexibility index (Phi) is 6.16. The molecule has 2 atom stereocenters. The van der Waals surface area contributed by atoms with E-state index in [9.17, 15) is 22.8 Å². The fourth-order valence-corrected chi connectivity index (χ4v) is 3.74. The molecule has 0 saturated heterocycles. The summed E-state index contributed by atoms with van der Waals surface area (Å²) >= 11 is 0. The molecule has 1 aliphatic carbocycles. The second-order valence-corrected chi connectivity index (χ2v) is 7.93. The van der Waals surface area contributed by atoms with E-state index in [2.05, 4.69) is 25.9 Å². The second kappa shape index (κ2) is 9.04. The standard InChI is InChI=1S/C21H21F3N6O3/c1-12-8-16(33-29-12)20(32)26-10-13-2-3-14(9-13)27-18-6-4-15(11-25-18)30-19(31)7-5-17(28-30)21(22,23)24/h4-8,11,13-14H,2-3,9-10H2,1H3,(H,25,27)(H,26,32)/t13-,14+/m0/s1. The fourth-order valence-electron chi connectivity index (χ4n) is 3.74. The quantitative estimate of drug-likeness (QED) is 0.579. The molecule has 3 aromatic rings. The fraction of sp³-hybridized carbons (Fsp3) is 0.381. The van der Waals surface area contributed by atoms with Crippen LogP contribution >= 0.6 is 0 Å². The van der Waals surface area contributed by atoms with Crippen LogP contribution in [0.5, 0.6) is 0 Å². The molecule has 12 heteroatoms. The van der Waals surface area contributed by atoms with Gasteiger partial charge in [-0.05, 0) is 50.3 Å². The zero-order valence-electron chi connectivity index (χ0n) is 17.6. The minimum atomic E-state index is -4.66. The third-order valence-electron chi connectivity index (χ3n) is 5.38. The summed E-state index contributed by atoms with van der Waals surface area (Å²) in [6.45, 7) is 2.25. The van der Waals surface area contributed by atoms with E-state index in [1.54, 1.807) is 19.1 Å². The van der Waals surface area contributed by atoms with Crippen molar-refractivity contribution in [2.24, 2.45) is 5.92 Å². The summed E-state index contributed by atoms with van der Waals surface area (Å²) < 4.78 is 44.3. The van der Waals surface area contributed by atoms with E-state index in [4.69, 9.17) is 4.52 Å². The number of pyridine rings is 1. The van der Waals surface area contributed by atoms with Gasteiger partial charge in [-0.2, -0.15) is 23.0 Å². The van der Waals surface area contributed by atoms with Gasteiger partial charge >= 0.3 is 6.18 Å². The van der Waals surface area contributed by atoms with Crippen LogP contribution < -0.4 is 16.2 Å². The molecule has 0 aliphatic heterocycles. The van der Waals surface area contributed by atoms with E-state index in [1.807, 2.05) is 0 Å². The van der Waals surface area contributed by atoms with Crippen molar-refractivity contribution in [2.45, 2.75) is 38.4 Å². The summed E-state index contributed by atoms with van der Waals surface area (Å²) in [5, 5.41) is 13.2. The van der Waals surface area contributed by atoms with Gasteiger partial charge in [0.25, 0.3) is 11.5 Å². The molecule has 2 N–H and O–H groups in total. The number of aromatic nitrogens is 4. The molecule has 1 saturated carbocycles. The van der Waals surface area contributed by atoms with Gasteiger partial charge < -0.3 is 15.2 Å². The van der Waals surface area contributed by atoms with Crippen molar-refractivity contribution < 1.29 is 22.5 Å². The van der Waals surface area contributed by atoms with Gasteiger partial charge in [-0.25, -0.2) is 4.98 Å². The van der Waals surface area contributed by atoms with Crippen molar-refractivity contribution in [1.82, 2.24) is 25.2 Å². The van der Waals surface area contributed by atoms with Crippen LogP contribution in [-0.4, -0.2) is 38.4 Å². The highest BCUT2D eigenvalue weighted by Gasteiger charge is 2.33. The highest BCUT2D eigenvalue weighted by Crippen LogP contribution is 2.28. The molecule has 0 spiro atoms. The molecule has 3 aromatic heterocycles. The lowest BCUT2D eigenvalue weighted by molar-refractivity contribution is -0.142. The lowest BCUT2D eigenvalue weighted by Crippen LogP contribution is -2.28. The van der Waals surface area contributed by atoms with Crippen LogP contribution in [0, 0.1) is 12.8 Å². The maximum absolute atomic E-state index is 12.9.